The molecule has 2 aromatic rings. The van der Waals surface area contributed by atoms with E-state index in [-0.39, 0.29) is 5.56 Å². The highest BCUT2D eigenvalue weighted by molar-refractivity contribution is 6.07. The molecule has 146 valence electrons. The van der Waals surface area contributed by atoms with Gasteiger partial charge in [0, 0.05) is 18.9 Å². The molecule has 3 rings (SSSR count). The van der Waals surface area contributed by atoms with E-state index in [1.54, 1.807) is 24.3 Å². The highest BCUT2D eigenvalue weighted by Crippen LogP contribution is 2.20. The molecule has 0 radical (unpaired) electrons. The molecule has 1 aromatic carbocycles. The SMILES string of the molecule is COC(=O)c1ccccc1NC(=O)c1cnc(NCCC2=CCCCC2)nc1. The number of anilines is 2. The van der Waals surface area contributed by atoms with Gasteiger partial charge in [-0.3, -0.25) is 4.79 Å². The number of hydrogen-bond acceptors (Lipinski definition) is 6. The molecule has 2 N–H and O–H groups in total. The van der Waals surface area contributed by atoms with Gasteiger partial charge in [-0.25, -0.2) is 14.8 Å². The zero-order chi connectivity index (χ0) is 19.8. The fourth-order valence-corrected chi connectivity index (χ4v) is 3.08. The fourth-order valence-electron chi connectivity index (χ4n) is 3.08. The van der Waals surface area contributed by atoms with Crippen LogP contribution in [0.15, 0.2) is 48.3 Å². The van der Waals surface area contributed by atoms with Crippen molar-refractivity contribution in [1.82, 2.24) is 9.97 Å². The number of carbonyl (C=O) groups excluding carboxylic acids is 2. The number of allylic oxidation sites excluding steroid dienone is 1. The van der Waals surface area contributed by atoms with Crippen LogP contribution in [0.4, 0.5) is 11.6 Å². The summed E-state index contributed by atoms with van der Waals surface area (Å²) < 4.78 is 4.73. The molecule has 7 heteroatoms. The standard InChI is InChI=1S/C21H24N4O3/c1-28-20(27)17-9-5-6-10-18(17)25-19(26)16-13-23-21(24-14-16)22-12-11-15-7-3-2-4-8-15/h5-7,9-10,13-14H,2-4,8,11-12H2,1H3,(H,25,26)(H,22,23,24). The number of hydrogen-bond donors (Lipinski definition) is 2. The maximum atomic E-state index is 12.4. The number of ether oxygens (including phenoxy) is 1. The molecule has 1 amide bonds. The maximum absolute atomic E-state index is 12.4. The molecule has 0 spiro atoms. The second kappa shape index (κ2) is 9.64. The summed E-state index contributed by atoms with van der Waals surface area (Å²) in [5.74, 6) is -0.419. The number of benzene rings is 1. The number of nitrogens with one attached hydrogen (secondary N) is 2. The van der Waals surface area contributed by atoms with Crippen LogP contribution in [0.5, 0.6) is 0 Å². The van der Waals surface area contributed by atoms with Crippen molar-refractivity contribution in [2.24, 2.45) is 0 Å². The normalized spacial score (nSPS) is 13.4. The van der Waals surface area contributed by atoms with E-state index >= 15 is 0 Å². The molecule has 0 saturated carbocycles. The van der Waals surface area contributed by atoms with Gasteiger partial charge in [-0.05, 0) is 44.2 Å². The van der Waals surface area contributed by atoms with Gasteiger partial charge in [0.15, 0.2) is 0 Å². The Kier molecular flexibility index (Phi) is 6.73. The average molecular weight is 380 g/mol. The van der Waals surface area contributed by atoms with Gasteiger partial charge < -0.3 is 15.4 Å². The van der Waals surface area contributed by atoms with Gasteiger partial charge in [0.05, 0.1) is 23.9 Å². The van der Waals surface area contributed by atoms with Gasteiger partial charge in [-0.1, -0.05) is 23.8 Å². The van der Waals surface area contributed by atoms with Gasteiger partial charge in [0.1, 0.15) is 0 Å². The van der Waals surface area contributed by atoms with Crippen molar-refractivity contribution in [3.05, 3.63) is 59.4 Å². The van der Waals surface area contributed by atoms with Crippen molar-refractivity contribution >= 4 is 23.5 Å². The Balaban J connectivity index is 1.57. The monoisotopic (exact) mass is 380 g/mol. The van der Waals surface area contributed by atoms with Crippen LogP contribution in [0.3, 0.4) is 0 Å². The number of amides is 1. The van der Waals surface area contributed by atoms with Gasteiger partial charge in [0.25, 0.3) is 5.91 Å². The lowest BCUT2D eigenvalue weighted by Crippen LogP contribution is -2.16. The summed E-state index contributed by atoms with van der Waals surface area (Å²) in [4.78, 5) is 32.6. The number of rotatable bonds is 7. The van der Waals surface area contributed by atoms with Gasteiger partial charge >= 0.3 is 5.97 Å². The molecule has 7 nitrogen and oxygen atoms in total. The van der Waals surface area contributed by atoms with Crippen molar-refractivity contribution < 1.29 is 14.3 Å². The van der Waals surface area contributed by atoms with E-state index in [1.165, 1.54) is 50.8 Å². The van der Waals surface area contributed by atoms with Crippen LogP contribution in [-0.2, 0) is 4.74 Å². The molecule has 0 atom stereocenters. The zero-order valence-electron chi connectivity index (χ0n) is 15.9. The minimum atomic E-state index is -0.514. The second-order valence-electron chi connectivity index (χ2n) is 6.57. The largest absolute Gasteiger partial charge is 0.465 e. The molecule has 1 aromatic heterocycles. The van der Waals surface area contributed by atoms with Gasteiger partial charge in [-0.2, -0.15) is 0 Å². The summed E-state index contributed by atoms with van der Waals surface area (Å²) >= 11 is 0. The summed E-state index contributed by atoms with van der Waals surface area (Å²) in [6.07, 6.45) is 11.1. The van der Waals surface area contributed by atoms with E-state index in [9.17, 15) is 9.59 Å². The lowest BCUT2D eigenvalue weighted by atomic mass is 9.97. The molecule has 0 aliphatic heterocycles. The van der Waals surface area contributed by atoms with Crippen LogP contribution >= 0.6 is 0 Å². The predicted octanol–water partition coefficient (Wildman–Crippen LogP) is 3.82. The van der Waals surface area contributed by atoms with E-state index in [2.05, 4.69) is 26.7 Å². The van der Waals surface area contributed by atoms with Crippen molar-refractivity contribution in [2.75, 3.05) is 24.3 Å². The minimum absolute atomic E-state index is 0.287. The maximum Gasteiger partial charge on any atom is 0.339 e. The first-order valence-electron chi connectivity index (χ1n) is 9.40. The molecule has 1 aliphatic carbocycles. The van der Waals surface area contributed by atoms with Crippen LogP contribution in [0.2, 0.25) is 0 Å². The number of aromatic nitrogens is 2. The van der Waals surface area contributed by atoms with Crippen LogP contribution in [-0.4, -0.2) is 35.5 Å². The van der Waals surface area contributed by atoms with Crippen molar-refractivity contribution in [3.8, 4) is 0 Å². The highest BCUT2D eigenvalue weighted by atomic mass is 16.5. The molecule has 0 fully saturated rings. The number of nitrogens with zero attached hydrogens (tertiary/aromatic N) is 2. The molecular formula is C21H24N4O3. The minimum Gasteiger partial charge on any atom is -0.465 e. The third-order valence-electron chi connectivity index (χ3n) is 4.61. The Morgan fingerprint density at radius 1 is 1.14 bits per heavy atom. The van der Waals surface area contributed by atoms with Crippen LogP contribution in [0.25, 0.3) is 0 Å². The quantitative estimate of drug-likeness (QED) is 0.560. The Morgan fingerprint density at radius 3 is 2.64 bits per heavy atom. The topological polar surface area (TPSA) is 93.2 Å². The van der Waals surface area contributed by atoms with Crippen molar-refractivity contribution in [1.29, 1.82) is 0 Å². The van der Waals surface area contributed by atoms with E-state index in [4.69, 9.17) is 4.74 Å². The van der Waals surface area contributed by atoms with E-state index < -0.39 is 11.9 Å². The molecule has 1 aliphatic rings. The molecule has 28 heavy (non-hydrogen) atoms. The summed E-state index contributed by atoms with van der Waals surface area (Å²) in [6, 6.07) is 6.66. The van der Waals surface area contributed by atoms with Crippen molar-refractivity contribution in [3.63, 3.8) is 0 Å². The fraction of sp³-hybridized carbons (Fsp3) is 0.333. The van der Waals surface area contributed by atoms with E-state index in [1.807, 2.05) is 0 Å². The molecule has 0 unspecified atom stereocenters. The zero-order valence-corrected chi connectivity index (χ0v) is 15.9. The lowest BCUT2D eigenvalue weighted by Gasteiger charge is -2.13. The number of carbonyl (C=O) groups is 2. The Bertz CT molecular complexity index is 862. The van der Waals surface area contributed by atoms with Crippen molar-refractivity contribution in [2.45, 2.75) is 32.1 Å². The number of esters is 1. The number of para-hydroxylation sites is 1. The van der Waals surface area contributed by atoms with Crippen LogP contribution in [0, 0.1) is 0 Å². The third kappa shape index (κ3) is 5.16. The summed E-state index contributed by atoms with van der Waals surface area (Å²) in [5.41, 5.74) is 2.45. The molecule has 1 heterocycles. The first-order valence-corrected chi connectivity index (χ1v) is 9.40. The summed E-state index contributed by atoms with van der Waals surface area (Å²) in [7, 11) is 1.30. The number of methoxy groups -OCH3 is 1. The Hall–Kier alpha value is -3.22. The first kappa shape index (κ1) is 19.5. The first-order chi connectivity index (χ1) is 13.7. The smallest absolute Gasteiger partial charge is 0.339 e. The Labute approximate surface area is 164 Å². The van der Waals surface area contributed by atoms with E-state index in [0.29, 0.717) is 17.2 Å². The predicted molar refractivity (Wildman–Crippen MR) is 107 cm³/mol. The second-order valence-corrected chi connectivity index (χ2v) is 6.57. The molecule has 0 saturated heterocycles. The van der Waals surface area contributed by atoms with E-state index in [0.717, 1.165) is 13.0 Å². The van der Waals surface area contributed by atoms with Crippen LogP contribution in [0.1, 0.15) is 52.8 Å². The van der Waals surface area contributed by atoms with Crippen LogP contribution < -0.4 is 10.6 Å². The van der Waals surface area contributed by atoms with Gasteiger partial charge in [-0.15, -0.1) is 0 Å². The third-order valence-corrected chi connectivity index (χ3v) is 4.61. The summed E-state index contributed by atoms with van der Waals surface area (Å²) in [6.45, 7) is 0.768. The lowest BCUT2D eigenvalue weighted by molar-refractivity contribution is 0.0602. The van der Waals surface area contributed by atoms with Gasteiger partial charge in [0.2, 0.25) is 5.95 Å². The Morgan fingerprint density at radius 2 is 1.93 bits per heavy atom. The molecule has 0 bridgehead atoms. The molecular weight excluding hydrogens is 356 g/mol. The average Bonchev–Trinajstić information content (AvgIpc) is 2.75. The summed E-state index contributed by atoms with van der Waals surface area (Å²) in [5, 5.41) is 5.88. The highest BCUT2D eigenvalue weighted by Gasteiger charge is 2.15.